The van der Waals surface area contributed by atoms with Gasteiger partial charge in [0.15, 0.2) is 0 Å². The number of nitrogens with one attached hydrogen (secondary N) is 1. The molecule has 0 radical (unpaired) electrons. The van der Waals surface area contributed by atoms with E-state index in [0.29, 0.717) is 5.02 Å². The Kier molecular flexibility index (Phi) is 2.93. The number of halogens is 1. The van der Waals surface area contributed by atoms with E-state index in [-0.39, 0.29) is 11.6 Å². The van der Waals surface area contributed by atoms with Crippen molar-refractivity contribution < 1.29 is 9.90 Å². The summed E-state index contributed by atoms with van der Waals surface area (Å²) < 4.78 is 0. The summed E-state index contributed by atoms with van der Waals surface area (Å²) in [5.41, 5.74) is 1.08. The predicted octanol–water partition coefficient (Wildman–Crippen LogP) is 2.46. The topological polar surface area (TPSA) is 49.3 Å². The summed E-state index contributed by atoms with van der Waals surface area (Å²) in [7, 11) is 0. The molecule has 1 saturated heterocycles. The highest BCUT2D eigenvalue weighted by Crippen LogP contribution is 2.31. The summed E-state index contributed by atoms with van der Waals surface area (Å²) in [4.78, 5) is 10.9. The van der Waals surface area contributed by atoms with Crippen LogP contribution in [0.2, 0.25) is 5.02 Å². The summed E-state index contributed by atoms with van der Waals surface area (Å²) in [6.45, 7) is 0.971. The Morgan fingerprint density at radius 1 is 1.53 bits per heavy atom. The van der Waals surface area contributed by atoms with Crippen LogP contribution in [0, 0.1) is 0 Å². The van der Waals surface area contributed by atoms with Crippen LogP contribution in [0.3, 0.4) is 0 Å². The maximum Gasteiger partial charge on any atom is 0.337 e. The molecule has 3 nitrogen and oxygen atoms in total. The van der Waals surface area contributed by atoms with Crippen LogP contribution in [0.5, 0.6) is 0 Å². The SMILES string of the molecule is O=C(O)c1cccc(C2CCCN2)c1Cl. The first-order valence-electron chi connectivity index (χ1n) is 4.95. The molecule has 15 heavy (non-hydrogen) atoms. The maximum absolute atomic E-state index is 10.9. The Bertz CT molecular complexity index is 386. The average molecular weight is 226 g/mol. The minimum absolute atomic E-state index is 0.183. The highest BCUT2D eigenvalue weighted by molar-refractivity contribution is 6.34. The van der Waals surface area contributed by atoms with Gasteiger partial charge in [-0.1, -0.05) is 23.7 Å². The largest absolute Gasteiger partial charge is 0.478 e. The first-order chi connectivity index (χ1) is 7.20. The lowest BCUT2D eigenvalue weighted by atomic mass is 10.0. The molecule has 0 aromatic heterocycles. The molecule has 0 bridgehead atoms. The molecular weight excluding hydrogens is 214 g/mol. The molecule has 80 valence electrons. The van der Waals surface area contributed by atoms with E-state index >= 15 is 0 Å². The second kappa shape index (κ2) is 4.21. The van der Waals surface area contributed by atoms with E-state index in [4.69, 9.17) is 16.7 Å². The van der Waals surface area contributed by atoms with Gasteiger partial charge in [-0.05, 0) is 31.0 Å². The fourth-order valence-electron chi connectivity index (χ4n) is 1.93. The molecule has 1 aromatic rings. The number of rotatable bonds is 2. The average Bonchev–Trinajstić information content (AvgIpc) is 2.70. The van der Waals surface area contributed by atoms with Crippen molar-refractivity contribution in [2.24, 2.45) is 0 Å². The first-order valence-corrected chi connectivity index (χ1v) is 5.33. The standard InChI is InChI=1S/C11H12ClNO2/c12-10-7(9-5-2-6-13-9)3-1-4-8(10)11(14)15/h1,3-4,9,13H,2,5-6H2,(H,14,15). The van der Waals surface area contributed by atoms with Crippen molar-refractivity contribution in [3.8, 4) is 0 Å². The second-order valence-corrected chi connectivity index (χ2v) is 4.04. The van der Waals surface area contributed by atoms with Crippen molar-refractivity contribution in [2.75, 3.05) is 6.54 Å². The van der Waals surface area contributed by atoms with Gasteiger partial charge in [0.25, 0.3) is 0 Å². The third-order valence-corrected chi connectivity index (χ3v) is 3.12. The molecule has 1 atom stereocenters. The van der Waals surface area contributed by atoms with Gasteiger partial charge in [0.05, 0.1) is 10.6 Å². The predicted molar refractivity (Wildman–Crippen MR) is 58.4 cm³/mol. The van der Waals surface area contributed by atoms with E-state index in [9.17, 15) is 4.79 Å². The molecule has 0 saturated carbocycles. The summed E-state index contributed by atoms with van der Waals surface area (Å²) in [5, 5.41) is 12.6. The van der Waals surface area contributed by atoms with Crippen LogP contribution in [-0.2, 0) is 0 Å². The molecule has 2 N–H and O–H groups in total. The zero-order valence-electron chi connectivity index (χ0n) is 8.16. The van der Waals surface area contributed by atoms with Crippen molar-refractivity contribution >= 4 is 17.6 Å². The molecule has 1 fully saturated rings. The van der Waals surface area contributed by atoms with Crippen LogP contribution >= 0.6 is 11.6 Å². The van der Waals surface area contributed by atoms with Gasteiger partial charge in [-0.15, -0.1) is 0 Å². The van der Waals surface area contributed by atoms with E-state index < -0.39 is 5.97 Å². The fourth-order valence-corrected chi connectivity index (χ4v) is 2.27. The van der Waals surface area contributed by atoms with Gasteiger partial charge in [-0.25, -0.2) is 4.79 Å². The van der Waals surface area contributed by atoms with Gasteiger partial charge in [0.2, 0.25) is 0 Å². The van der Waals surface area contributed by atoms with Crippen LogP contribution in [-0.4, -0.2) is 17.6 Å². The van der Waals surface area contributed by atoms with Crippen molar-refractivity contribution in [1.29, 1.82) is 0 Å². The smallest absolute Gasteiger partial charge is 0.337 e. The lowest BCUT2D eigenvalue weighted by Gasteiger charge is -2.13. The summed E-state index contributed by atoms with van der Waals surface area (Å²) in [6.07, 6.45) is 2.13. The molecule has 1 aliphatic heterocycles. The molecule has 4 heteroatoms. The number of aromatic carboxylic acids is 1. The third-order valence-electron chi connectivity index (χ3n) is 2.69. The molecule has 2 rings (SSSR count). The van der Waals surface area contributed by atoms with E-state index in [1.165, 1.54) is 6.07 Å². The van der Waals surface area contributed by atoms with Crippen LogP contribution in [0.4, 0.5) is 0 Å². The lowest BCUT2D eigenvalue weighted by molar-refractivity contribution is 0.0697. The Morgan fingerprint density at radius 3 is 2.93 bits per heavy atom. The third kappa shape index (κ3) is 1.98. The van der Waals surface area contributed by atoms with Crippen molar-refractivity contribution in [3.05, 3.63) is 34.3 Å². The minimum atomic E-state index is -0.972. The molecule has 0 spiro atoms. The second-order valence-electron chi connectivity index (χ2n) is 3.66. The summed E-state index contributed by atoms with van der Waals surface area (Å²) >= 11 is 6.06. The number of hydrogen-bond donors (Lipinski definition) is 2. The molecule has 1 aliphatic rings. The Morgan fingerprint density at radius 2 is 2.33 bits per heavy atom. The van der Waals surface area contributed by atoms with Crippen LogP contribution < -0.4 is 5.32 Å². The fraction of sp³-hybridized carbons (Fsp3) is 0.364. The number of carbonyl (C=O) groups is 1. The van der Waals surface area contributed by atoms with E-state index in [1.807, 2.05) is 6.07 Å². The normalized spacial score (nSPS) is 20.5. The van der Waals surface area contributed by atoms with Crippen LogP contribution in [0.15, 0.2) is 18.2 Å². The first kappa shape index (κ1) is 10.5. The molecule has 1 unspecified atom stereocenters. The molecule has 1 aromatic carbocycles. The quantitative estimate of drug-likeness (QED) is 0.813. The van der Waals surface area contributed by atoms with Gasteiger partial charge in [0, 0.05) is 6.04 Å². The number of carboxylic acid groups (broad SMARTS) is 1. The molecular formula is C11H12ClNO2. The Labute approximate surface area is 93.1 Å². The number of carboxylic acids is 1. The summed E-state index contributed by atoms with van der Waals surface area (Å²) in [5.74, 6) is -0.972. The van der Waals surface area contributed by atoms with Crippen molar-refractivity contribution in [1.82, 2.24) is 5.32 Å². The van der Waals surface area contributed by atoms with E-state index in [2.05, 4.69) is 5.32 Å². The van der Waals surface area contributed by atoms with Crippen LogP contribution in [0.1, 0.15) is 34.8 Å². The van der Waals surface area contributed by atoms with Gasteiger partial charge < -0.3 is 10.4 Å². The van der Waals surface area contributed by atoms with Crippen molar-refractivity contribution in [2.45, 2.75) is 18.9 Å². The zero-order chi connectivity index (χ0) is 10.8. The summed E-state index contributed by atoms with van der Waals surface area (Å²) in [6, 6.07) is 5.36. The van der Waals surface area contributed by atoms with Gasteiger partial charge in [-0.2, -0.15) is 0 Å². The minimum Gasteiger partial charge on any atom is -0.478 e. The Balaban J connectivity index is 2.39. The highest BCUT2D eigenvalue weighted by atomic mass is 35.5. The van der Waals surface area contributed by atoms with E-state index in [0.717, 1.165) is 24.9 Å². The number of benzene rings is 1. The van der Waals surface area contributed by atoms with Crippen molar-refractivity contribution in [3.63, 3.8) is 0 Å². The number of hydrogen-bond acceptors (Lipinski definition) is 2. The van der Waals surface area contributed by atoms with Gasteiger partial charge >= 0.3 is 5.97 Å². The van der Waals surface area contributed by atoms with E-state index in [1.54, 1.807) is 6.07 Å². The lowest BCUT2D eigenvalue weighted by Crippen LogP contribution is -2.14. The molecule has 0 aliphatic carbocycles. The molecule has 1 heterocycles. The monoisotopic (exact) mass is 225 g/mol. The van der Waals surface area contributed by atoms with Gasteiger partial charge in [-0.3, -0.25) is 0 Å². The molecule has 0 amide bonds. The Hall–Kier alpha value is -1.06. The van der Waals surface area contributed by atoms with Gasteiger partial charge in [0.1, 0.15) is 0 Å². The van der Waals surface area contributed by atoms with Crippen LogP contribution in [0.25, 0.3) is 0 Å². The maximum atomic E-state index is 10.9. The highest BCUT2D eigenvalue weighted by Gasteiger charge is 2.21. The zero-order valence-corrected chi connectivity index (χ0v) is 8.92.